The third-order valence-corrected chi connectivity index (χ3v) is 3.52. The van der Waals surface area contributed by atoms with Crippen LogP contribution in [-0.2, 0) is 4.74 Å². The van der Waals surface area contributed by atoms with Crippen LogP contribution in [0.3, 0.4) is 0 Å². The van der Waals surface area contributed by atoms with Crippen molar-refractivity contribution in [1.29, 1.82) is 0 Å². The van der Waals surface area contributed by atoms with E-state index in [9.17, 15) is 0 Å². The molecule has 0 radical (unpaired) electrons. The monoisotopic (exact) mass is 227 g/mol. The third kappa shape index (κ3) is 3.42. The molecule has 2 N–H and O–H groups in total. The number of nitrogens with one attached hydrogen (secondary N) is 2. The number of hydrogen-bond acceptors (Lipinski definition) is 4. The highest BCUT2D eigenvalue weighted by molar-refractivity contribution is 4.81. The van der Waals surface area contributed by atoms with Gasteiger partial charge >= 0.3 is 0 Å². The first kappa shape index (κ1) is 12.3. The molecule has 4 heteroatoms. The summed E-state index contributed by atoms with van der Waals surface area (Å²) in [5.74, 6) is 0. The van der Waals surface area contributed by atoms with Gasteiger partial charge in [0.15, 0.2) is 0 Å². The van der Waals surface area contributed by atoms with Gasteiger partial charge in [0.05, 0.1) is 12.2 Å². The Kier molecular flexibility index (Phi) is 4.58. The van der Waals surface area contributed by atoms with E-state index in [1.165, 1.54) is 13.0 Å². The fraction of sp³-hybridized carbons (Fsp3) is 1.00. The second-order valence-electron chi connectivity index (χ2n) is 5.05. The molecule has 0 aromatic carbocycles. The lowest BCUT2D eigenvalue weighted by Crippen LogP contribution is -2.55. The van der Waals surface area contributed by atoms with Gasteiger partial charge in [-0.05, 0) is 13.3 Å². The summed E-state index contributed by atoms with van der Waals surface area (Å²) in [6, 6.07) is 0.669. The lowest BCUT2D eigenvalue weighted by Gasteiger charge is -2.37. The van der Waals surface area contributed by atoms with Gasteiger partial charge in [0.1, 0.15) is 0 Å². The van der Waals surface area contributed by atoms with Gasteiger partial charge in [0.25, 0.3) is 0 Å². The molecule has 0 bridgehead atoms. The van der Waals surface area contributed by atoms with Crippen molar-refractivity contribution in [2.75, 3.05) is 39.3 Å². The van der Waals surface area contributed by atoms with Crippen molar-refractivity contribution in [3.8, 4) is 0 Å². The van der Waals surface area contributed by atoms with Gasteiger partial charge in [0.2, 0.25) is 0 Å². The van der Waals surface area contributed by atoms with Crippen molar-refractivity contribution in [2.24, 2.45) is 0 Å². The van der Waals surface area contributed by atoms with E-state index in [0.29, 0.717) is 18.2 Å². The molecule has 0 spiro atoms. The van der Waals surface area contributed by atoms with Gasteiger partial charge in [-0.3, -0.25) is 4.90 Å². The van der Waals surface area contributed by atoms with Crippen LogP contribution in [0.1, 0.15) is 20.3 Å². The number of piperazine rings is 1. The van der Waals surface area contributed by atoms with Gasteiger partial charge in [0, 0.05) is 45.3 Å². The Morgan fingerprint density at radius 1 is 1.38 bits per heavy atom. The molecule has 0 aromatic heterocycles. The molecule has 0 saturated carbocycles. The van der Waals surface area contributed by atoms with Crippen molar-refractivity contribution < 1.29 is 4.74 Å². The average Bonchev–Trinajstić information content (AvgIpc) is 2.29. The number of nitrogens with zero attached hydrogens (tertiary/aromatic N) is 1. The van der Waals surface area contributed by atoms with Gasteiger partial charge in [-0.25, -0.2) is 0 Å². The van der Waals surface area contributed by atoms with Crippen LogP contribution in [0, 0.1) is 0 Å². The lowest BCUT2D eigenvalue weighted by molar-refractivity contribution is -0.0452. The predicted molar refractivity (Wildman–Crippen MR) is 65.7 cm³/mol. The summed E-state index contributed by atoms with van der Waals surface area (Å²) in [5, 5.41) is 6.98. The maximum atomic E-state index is 5.93. The highest BCUT2D eigenvalue weighted by Gasteiger charge is 2.24. The summed E-state index contributed by atoms with van der Waals surface area (Å²) in [6.07, 6.45) is 1.96. The second-order valence-corrected chi connectivity index (χ2v) is 5.05. The Morgan fingerprint density at radius 3 is 3.00 bits per heavy atom. The summed E-state index contributed by atoms with van der Waals surface area (Å²) in [5.41, 5.74) is 0. The molecule has 0 aliphatic carbocycles. The summed E-state index contributed by atoms with van der Waals surface area (Å²) >= 11 is 0. The highest BCUT2D eigenvalue weighted by atomic mass is 16.5. The Balaban J connectivity index is 1.75. The van der Waals surface area contributed by atoms with Crippen LogP contribution in [0.4, 0.5) is 0 Å². The molecule has 2 aliphatic rings. The van der Waals surface area contributed by atoms with Gasteiger partial charge in [-0.2, -0.15) is 0 Å². The molecule has 94 valence electrons. The molecule has 0 unspecified atom stereocenters. The highest BCUT2D eigenvalue weighted by Crippen LogP contribution is 2.08. The summed E-state index contributed by atoms with van der Waals surface area (Å²) < 4.78 is 5.93. The molecular formula is C12H25N3O. The van der Waals surface area contributed by atoms with Crippen molar-refractivity contribution in [3.05, 3.63) is 0 Å². The molecule has 3 atom stereocenters. The van der Waals surface area contributed by atoms with Crippen LogP contribution in [0.15, 0.2) is 0 Å². The predicted octanol–water partition coefficient (Wildman–Crippen LogP) is 0.0471. The smallest absolute Gasteiger partial charge is 0.0830 e. The van der Waals surface area contributed by atoms with Crippen LogP contribution in [0.25, 0.3) is 0 Å². The van der Waals surface area contributed by atoms with Crippen LogP contribution in [-0.4, -0.2) is 62.4 Å². The molecule has 2 aliphatic heterocycles. The van der Waals surface area contributed by atoms with Crippen molar-refractivity contribution in [2.45, 2.75) is 38.5 Å². The Hall–Kier alpha value is -0.160. The van der Waals surface area contributed by atoms with E-state index in [-0.39, 0.29) is 0 Å². The molecule has 16 heavy (non-hydrogen) atoms. The molecule has 0 aromatic rings. The second kappa shape index (κ2) is 5.96. The standard InChI is InChI=1S/C12H25N3O/c1-3-11-8-15(5-4-14-11)9-12-7-13-6-10(2)16-12/h10-14H,3-9H2,1-2H3/t10-,11+,12+/m1/s1. The van der Waals surface area contributed by atoms with Crippen molar-refractivity contribution in [1.82, 2.24) is 15.5 Å². The summed E-state index contributed by atoms with van der Waals surface area (Å²) in [7, 11) is 0. The fourth-order valence-corrected chi connectivity index (χ4v) is 2.60. The van der Waals surface area contributed by atoms with Crippen LogP contribution >= 0.6 is 0 Å². The van der Waals surface area contributed by atoms with Gasteiger partial charge in [-0.15, -0.1) is 0 Å². The van der Waals surface area contributed by atoms with Crippen LogP contribution in [0.2, 0.25) is 0 Å². The molecule has 0 amide bonds. The van der Waals surface area contributed by atoms with Crippen LogP contribution < -0.4 is 10.6 Å². The SMILES string of the molecule is CC[C@H]1CN(C[C@@H]2CNC[C@@H](C)O2)CCN1. The maximum absolute atomic E-state index is 5.93. The first-order valence-corrected chi connectivity index (χ1v) is 6.60. The molecule has 2 saturated heterocycles. The lowest BCUT2D eigenvalue weighted by atomic mass is 10.1. The number of hydrogen-bond donors (Lipinski definition) is 2. The Bertz CT molecular complexity index is 212. The zero-order chi connectivity index (χ0) is 11.4. The molecule has 4 nitrogen and oxygen atoms in total. The van der Waals surface area contributed by atoms with E-state index in [4.69, 9.17) is 4.74 Å². The third-order valence-electron chi connectivity index (χ3n) is 3.52. The molecule has 2 heterocycles. The van der Waals surface area contributed by atoms with Gasteiger partial charge < -0.3 is 15.4 Å². The molecular weight excluding hydrogens is 202 g/mol. The zero-order valence-corrected chi connectivity index (χ0v) is 10.5. The minimum atomic E-state index is 0.364. The summed E-state index contributed by atoms with van der Waals surface area (Å²) in [4.78, 5) is 2.54. The van der Waals surface area contributed by atoms with Gasteiger partial charge in [-0.1, -0.05) is 6.92 Å². The minimum absolute atomic E-state index is 0.364. The van der Waals surface area contributed by atoms with E-state index in [1.807, 2.05) is 0 Å². The van der Waals surface area contributed by atoms with E-state index in [1.54, 1.807) is 0 Å². The minimum Gasteiger partial charge on any atom is -0.371 e. The Labute approximate surface area is 98.7 Å². The topological polar surface area (TPSA) is 36.5 Å². The number of rotatable bonds is 3. The molecule has 2 rings (SSSR count). The number of ether oxygens (including phenoxy) is 1. The quantitative estimate of drug-likeness (QED) is 0.714. The largest absolute Gasteiger partial charge is 0.371 e. The Morgan fingerprint density at radius 2 is 2.25 bits per heavy atom. The zero-order valence-electron chi connectivity index (χ0n) is 10.5. The van der Waals surface area contributed by atoms with Crippen LogP contribution in [0.5, 0.6) is 0 Å². The molecule has 2 fully saturated rings. The normalized spacial score (nSPS) is 37.5. The summed E-state index contributed by atoms with van der Waals surface area (Å²) in [6.45, 7) is 10.9. The maximum Gasteiger partial charge on any atom is 0.0830 e. The van der Waals surface area contributed by atoms with E-state index in [0.717, 1.165) is 32.7 Å². The van der Waals surface area contributed by atoms with E-state index in [2.05, 4.69) is 29.4 Å². The van der Waals surface area contributed by atoms with Crippen molar-refractivity contribution in [3.63, 3.8) is 0 Å². The first-order valence-electron chi connectivity index (χ1n) is 6.60. The number of morpholine rings is 1. The van der Waals surface area contributed by atoms with Crippen molar-refractivity contribution >= 4 is 0 Å². The first-order chi connectivity index (χ1) is 7.78. The average molecular weight is 227 g/mol. The van der Waals surface area contributed by atoms with E-state index >= 15 is 0 Å². The fourth-order valence-electron chi connectivity index (χ4n) is 2.60. The van der Waals surface area contributed by atoms with E-state index < -0.39 is 0 Å².